The number of hydrogen-bond donors (Lipinski definition) is 3. The summed E-state index contributed by atoms with van der Waals surface area (Å²) in [5.74, 6) is -1.53. The Hall–Kier alpha value is -3.64. The highest BCUT2D eigenvalue weighted by Crippen LogP contribution is 2.31. The molecule has 2 fully saturated rings. The summed E-state index contributed by atoms with van der Waals surface area (Å²) in [7, 11) is -1.20. The van der Waals surface area contributed by atoms with Gasteiger partial charge in [-0.15, -0.1) is 6.58 Å². The van der Waals surface area contributed by atoms with E-state index in [0.717, 1.165) is 10.8 Å². The van der Waals surface area contributed by atoms with Crippen molar-refractivity contribution in [2.24, 2.45) is 11.3 Å². The van der Waals surface area contributed by atoms with Gasteiger partial charge in [-0.3, -0.25) is 9.59 Å². The fraction of sp³-hybridized carbons (Fsp3) is 0.533. The van der Waals surface area contributed by atoms with E-state index < -0.39 is 60.2 Å². The number of rotatable bonds is 7. The Labute approximate surface area is 247 Å². The monoisotopic (exact) mass is 580 g/mol. The Bertz CT molecular complexity index is 1320. The Balaban J connectivity index is 1.62. The maximum atomic E-state index is 14.2. The van der Waals surface area contributed by atoms with E-state index in [2.05, 4.69) is 22.2 Å². The summed E-state index contributed by atoms with van der Waals surface area (Å²) in [5, 5.41) is 17.7. The fourth-order valence-electron chi connectivity index (χ4n) is 5.24. The lowest BCUT2D eigenvalue weighted by Gasteiger charge is -2.36. The summed E-state index contributed by atoms with van der Waals surface area (Å²) in [6, 6.07) is 7.59. The molecule has 3 amide bonds. The summed E-state index contributed by atoms with van der Waals surface area (Å²) in [5.41, 5.74) is -1.48. The zero-order valence-electron chi connectivity index (χ0n) is 25.1. The van der Waals surface area contributed by atoms with E-state index in [-0.39, 0.29) is 25.5 Å². The van der Waals surface area contributed by atoms with Crippen LogP contribution in [0.4, 0.5) is 4.79 Å². The molecule has 12 heteroatoms. The summed E-state index contributed by atoms with van der Waals surface area (Å²) in [6.45, 7) is 14.8. The Morgan fingerprint density at radius 2 is 1.90 bits per heavy atom. The molecule has 2 saturated heterocycles. The quantitative estimate of drug-likeness (QED) is 0.336. The van der Waals surface area contributed by atoms with Crippen molar-refractivity contribution >= 4 is 35.8 Å². The second-order valence-corrected chi connectivity index (χ2v) is 12.9. The number of aromatic nitrogens is 1. The molecule has 0 radical (unpaired) electrons. The molecule has 3 heterocycles. The molecule has 1 unspecified atom stereocenters. The van der Waals surface area contributed by atoms with Gasteiger partial charge in [0, 0.05) is 30.5 Å². The highest BCUT2D eigenvalue weighted by atomic mass is 16.6. The number of hydrogen-bond acceptors (Lipinski definition) is 8. The molecule has 1 aromatic heterocycles. The molecule has 3 N–H and O–H groups in total. The standard InChI is InChI=1S/C30H41BN4O7/c1-8-18-17-40-31(39)24(18)34-25(36)22-15-20(41-26-21-12-10-9-11-19(21)13-14-32-26)16-35(22)27(37)23(29(2,3)4)33-28(38)42-30(5,6)7/h8-14,18,20,22-24,39H,1,15-17H2,2-7H3,(H,33,38)(H,34,36)/t18?,20-,22+,23-,24+/m1/s1. The van der Waals surface area contributed by atoms with E-state index >= 15 is 0 Å². The Morgan fingerprint density at radius 3 is 2.57 bits per heavy atom. The van der Waals surface area contributed by atoms with Gasteiger partial charge in [0.25, 0.3) is 0 Å². The van der Waals surface area contributed by atoms with Crippen molar-refractivity contribution in [3.8, 4) is 5.88 Å². The second-order valence-electron chi connectivity index (χ2n) is 12.9. The molecule has 0 saturated carbocycles. The summed E-state index contributed by atoms with van der Waals surface area (Å²) in [6.07, 6.45) is 2.15. The minimum Gasteiger partial charge on any atom is -0.472 e. The van der Waals surface area contributed by atoms with Crippen LogP contribution >= 0.6 is 0 Å². The molecule has 2 aliphatic rings. The number of likely N-dealkylation sites (tertiary alicyclic amines) is 1. The van der Waals surface area contributed by atoms with Crippen molar-refractivity contribution in [2.75, 3.05) is 13.2 Å². The molecule has 1 aromatic carbocycles. The molecule has 2 aromatic rings. The van der Waals surface area contributed by atoms with E-state index in [9.17, 15) is 19.4 Å². The topological polar surface area (TPSA) is 139 Å². The van der Waals surface area contributed by atoms with E-state index in [1.54, 1.807) is 33.0 Å². The number of fused-ring (bicyclic) bond motifs is 1. The van der Waals surface area contributed by atoms with Gasteiger partial charge < -0.3 is 34.7 Å². The zero-order valence-corrected chi connectivity index (χ0v) is 25.1. The SMILES string of the molecule is C=CC1COB(O)[C@H]1NC(=O)[C@@H]1C[C@@H](Oc2nccc3ccccc23)CN1C(=O)[C@@H](NC(=O)OC(C)(C)C)C(C)(C)C. The third kappa shape index (κ3) is 7.22. The maximum Gasteiger partial charge on any atom is 0.478 e. The van der Waals surface area contributed by atoms with Gasteiger partial charge in [0.1, 0.15) is 23.8 Å². The predicted octanol–water partition coefficient (Wildman–Crippen LogP) is 2.86. The van der Waals surface area contributed by atoms with Crippen LogP contribution in [0.3, 0.4) is 0 Å². The largest absolute Gasteiger partial charge is 0.478 e. The van der Waals surface area contributed by atoms with Crippen LogP contribution in [0, 0.1) is 11.3 Å². The average molecular weight is 580 g/mol. The molecule has 11 nitrogen and oxygen atoms in total. The lowest BCUT2D eigenvalue weighted by atomic mass is 9.75. The van der Waals surface area contributed by atoms with Crippen molar-refractivity contribution in [3.63, 3.8) is 0 Å². The minimum absolute atomic E-state index is 0.0823. The molecular weight excluding hydrogens is 539 g/mol. The summed E-state index contributed by atoms with van der Waals surface area (Å²) in [4.78, 5) is 46.5. The van der Waals surface area contributed by atoms with E-state index in [1.807, 2.05) is 51.1 Å². The highest BCUT2D eigenvalue weighted by Gasteiger charge is 2.48. The third-order valence-electron chi connectivity index (χ3n) is 7.38. The number of nitrogens with zero attached hydrogens (tertiary/aromatic N) is 2. The first-order valence-corrected chi connectivity index (χ1v) is 14.2. The van der Waals surface area contributed by atoms with Gasteiger partial charge in [0.15, 0.2) is 0 Å². The van der Waals surface area contributed by atoms with Crippen LogP contribution in [0.5, 0.6) is 5.88 Å². The molecule has 5 atom stereocenters. The van der Waals surface area contributed by atoms with Gasteiger partial charge in [0.2, 0.25) is 17.7 Å². The number of benzene rings is 1. The molecule has 0 bridgehead atoms. The molecule has 42 heavy (non-hydrogen) atoms. The lowest BCUT2D eigenvalue weighted by Crippen LogP contribution is -2.59. The number of carbonyl (C=O) groups is 3. The Kier molecular flexibility index (Phi) is 9.17. The van der Waals surface area contributed by atoms with Crippen molar-refractivity contribution in [2.45, 2.75) is 77.7 Å². The highest BCUT2D eigenvalue weighted by molar-refractivity contribution is 6.46. The minimum atomic E-state index is -1.20. The molecule has 4 rings (SSSR count). The molecular formula is C30H41BN4O7. The summed E-state index contributed by atoms with van der Waals surface area (Å²) < 4.78 is 17.0. The smallest absolute Gasteiger partial charge is 0.472 e. The molecule has 2 aliphatic heterocycles. The van der Waals surface area contributed by atoms with E-state index in [0.29, 0.717) is 5.88 Å². The van der Waals surface area contributed by atoms with E-state index in [4.69, 9.17) is 14.1 Å². The van der Waals surface area contributed by atoms with Crippen molar-refractivity contribution in [3.05, 3.63) is 49.2 Å². The van der Waals surface area contributed by atoms with Gasteiger partial charge in [0.05, 0.1) is 12.5 Å². The van der Waals surface area contributed by atoms with Crippen LogP contribution in [-0.2, 0) is 19.0 Å². The number of carbonyl (C=O) groups excluding carboxylic acids is 3. The predicted molar refractivity (Wildman–Crippen MR) is 158 cm³/mol. The fourth-order valence-corrected chi connectivity index (χ4v) is 5.24. The third-order valence-corrected chi connectivity index (χ3v) is 7.38. The van der Waals surface area contributed by atoms with Crippen LogP contribution < -0.4 is 15.4 Å². The van der Waals surface area contributed by atoms with Crippen LogP contribution in [0.2, 0.25) is 0 Å². The van der Waals surface area contributed by atoms with Crippen molar-refractivity contribution in [1.29, 1.82) is 0 Å². The molecule has 0 aliphatic carbocycles. The van der Waals surface area contributed by atoms with Gasteiger partial charge in [-0.05, 0) is 43.7 Å². The second kappa shape index (κ2) is 12.3. The van der Waals surface area contributed by atoms with Crippen LogP contribution in [0.1, 0.15) is 48.0 Å². The number of alkyl carbamates (subject to hydrolysis) is 1. The molecule has 0 spiro atoms. The van der Waals surface area contributed by atoms with Crippen molar-refractivity contribution < 1.29 is 33.5 Å². The van der Waals surface area contributed by atoms with Crippen LogP contribution in [0.15, 0.2) is 49.2 Å². The maximum absolute atomic E-state index is 14.2. The zero-order chi connectivity index (χ0) is 30.8. The lowest BCUT2D eigenvalue weighted by molar-refractivity contribution is -0.142. The van der Waals surface area contributed by atoms with Gasteiger partial charge in [-0.25, -0.2) is 9.78 Å². The molecule has 226 valence electrons. The number of nitrogens with one attached hydrogen (secondary N) is 2. The number of pyridine rings is 1. The van der Waals surface area contributed by atoms with Gasteiger partial charge in [-0.2, -0.15) is 0 Å². The number of amides is 3. The van der Waals surface area contributed by atoms with Crippen molar-refractivity contribution in [1.82, 2.24) is 20.5 Å². The average Bonchev–Trinajstić information content (AvgIpc) is 3.48. The summed E-state index contributed by atoms with van der Waals surface area (Å²) >= 11 is 0. The number of ether oxygens (including phenoxy) is 2. The van der Waals surface area contributed by atoms with Crippen LogP contribution in [0.25, 0.3) is 10.8 Å². The van der Waals surface area contributed by atoms with E-state index in [1.165, 1.54) is 4.90 Å². The Morgan fingerprint density at radius 1 is 1.19 bits per heavy atom. The first kappa shape index (κ1) is 31.3. The van der Waals surface area contributed by atoms with Gasteiger partial charge >= 0.3 is 13.2 Å². The van der Waals surface area contributed by atoms with Gasteiger partial charge in [-0.1, -0.05) is 45.0 Å². The first-order chi connectivity index (χ1) is 19.7. The van der Waals surface area contributed by atoms with Crippen LogP contribution in [-0.4, -0.2) is 82.8 Å². The normalized spacial score (nSPS) is 23.4. The first-order valence-electron chi connectivity index (χ1n) is 14.2.